The highest BCUT2D eigenvalue weighted by atomic mass is 33.1. The second-order valence-electron chi connectivity index (χ2n) is 10.6. The van der Waals surface area contributed by atoms with Gasteiger partial charge in [0, 0.05) is 11.5 Å². The van der Waals surface area contributed by atoms with Crippen LogP contribution in [0.3, 0.4) is 0 Å². The molecule has 6 atom stereocenters. The lowest BCUT2D eigenvalue weighted by Gasteiger charge is -2.24. The molecule has 4 heterocycles. The van der Waals surface area contributed by atoms with E-state index < -0.39 is 23.1 Å². The maximum atomic E-state index is 6.19. The molecule has 0 unspecified atom stereocenters. The minimum Gasteiger partial charge on any atom is -0.348 e. The molecule has 186 valence electrons. The van der Waals surface area contributed by atoms with Crippen LogP contribution in [0.2, 0.25) is 0 Å². The summed E-state index contributed by atoms with van der Waals surface area (Å²) in [6, 6.07) is 0. The summed E-state index contributed by atoms with van der Waals surface area (Å²) in [6.07, 6.45) is -0.757. The van der Waals surface area contributed by atoms with Gasteiger partial charge in [-0.25, -0.2) is 0 Å². The Balaban J connectivity index is 1.28. The molecule has 0 spiro atoms. The van der Waals surface area contributed by atoms with Crippen molar-refractivity contribution < 1.29 is 37.9 Å². The van der Waals surface area contributed by atoms with Crippen molar-refractivity contribution in [2.75, 3.05) is 24.7 Å². The van der Waals surface area contributed by atoms with E-state index in [-0.39, 0.29) is 36.6 Å². The molecule has 0 N–H and O–H groups in total. The van der Waals surface area contributed by atoms with Crippen molar-refractivity contribution in [1.29, 1.82) is 0 Å². The molecule has 10 heteroatoms. The van der Waals surface area contributed by atoms with E-state index in [2.05, 4.69) is 0 Å². The molecule has 0 bridgehead atoms. The quantitative estimate of drug-likeness (QED) is 0.386. The largest absolute Gasteiger partial charge is 0.348 e. The smallest absolute Gasteiger partial charge is 0.163 e. The third kappa shape index (κ3) is 6.13. The van der Waals surface area contributed by atoms with Gasteiger partial charge < -0.3 is 37.9 Å². The molecule has 4 saturated heterocycles. The summed E-state index contributed by atoms with van der Waals surface area (Å²) in [5.41, 5.74) is 0. The van der Waals surface area contributed by atoms with Crippen LogP contribution in [0.1, 0.15) is 55.4 Å². The van der Waals surface area contributed by atoms with Crippen LogP contribution in [-0.4, -0.2) is 84.5 Å². The topological polar surface area (TPSA) is 73.8 Å². The molecule has 0 aromatic heterocycles. The predicted octanol–water partition coefficient (Wildman–Crippen LogP) is 3.71. The number of hydrogen-bond donors (Lipinski definition) is 0. The zero-order valence-electron chi connectivity index (χ0n) is 20.4. The minimum atomic E-state index is -0.638. The molecule has 0 aromatic rings. The third-order valence-corrected chi connectivity index (χ3v) is 8.20. The SMILES string of the molecule is CC1(C)O[C@H]([C@H]2COC(C)(C)O2)[C@H](CSSC[C@@H]2OC(C)(C)O[C@@H]2[C@H]2COC(C)(C)O2)O1. The Morgan fingerprint density at radius 1 is 0.531 bits per heavy atom. The van der Waals surface area contributed by atoms with E-state index in [0.29, 0.717) is 13.2 Å². The maximum Gasteiger partial charge on any atom is 0.163 e. The van der Waals surface area contributed by atoms with Gasteiger partial charge in [-0.05, 0) is 55.4 Å². The zero-order valence-corrected chi connectivity index (χ0v) is 22.0. The average molecular weight is 495 g/mol. The van der Waals surface area contributed by atoms with Crippen LogP contribution >= 0.6 is 21.6 Å². The van der Waals surface area contributed by atoms with E-state index in [1.165, 1.54) is 0 Å². The van der Waals surface area contributed by atoms with Crippen LogP contribution in [0.4, 0.5) is 0 Å². The van der Waals surface area contributed by atoms with Gasteiger partial charge in [0.25, 0.3) is 0 Å². The lowest BCUT2D eigenvalue weighted by atomic mass is 10.1. The highest BCUT2D eigenvalue weighted by molar-refractivity contribution is 8.76. The van der Waals surface area contributed by atoms with Crippen molar-refractivity contribution in [3.8, 4) is 0 Å². The molecular formula is C22H38O8S2. The highest BCUT2D eigenvalue weighted by Crippen LogP contribution is 2.41. The maximum absolute atomic E-state index is 6.19. The van der Waals surface area contributed by atoms with Gasteiger partial charge in [0.1, 0.15) is 24.4 Å². The van der Waals surface area contributed by atoms with Gasteiger partial charge in [-0.15, -0.1) is 0 Å². The van der Waals surface area contributed by atoms with Crippen LogP contribution < -0.4 is 0 Å². The van der Waals surface area contributed by atoms with Crippen LogP contribution in [0.25, 0.3) is 0 Å². The molecule has 4 aliphatic rings. The second-order valence-corrected chi connectivity index (χ2v) is 13.1. The molecule has 0 aliphatic carbocycles. The first-order chi connectivity index (χ1) is 14.7. The highest BCUT2D eigenvalue weighted by Gasteiger charge is 2.51. The molecule has 0 radical (unpaired) electrons. The summed E-state index contributed by atoms with van der Waals surface area (Å²) in [6.45, 7) is 16.5. The molecule has 0 saturated carbocycles. The summed E-state index contributed by atoms with van der Waals surface area (Å²) in [7, 11) is 3.51. The van der Waals surface area contributed by atoms with E-state index in [1.54, 1.807) is 21.6 Å². The number of rotatable bonds is 7. The van der Waals surface area contributed by atoms with Gasteiger partial charge in [-0.1, -0.05) is 21.6 Å². The Labute approximate surface area is 199 Å². The Morgan fingerprint density at radius 3 is 1.22 bits per heavy atom. The van der Waals surface area contributed by atoms with Crippen LogP contribution in [-0.2, 0) is 37.9 Å². The molecule has 0 aromatic carbocycles. The van der Waals surface area contributed by atoms with Crippen molar-refractivity contribution in [1.82, 2.24) is 0 Å². The normalized spacial score (nSPS) is 42.0. The van der Waals surface area contributed by atoms with Crippen molar-refractivity contribution >= 4 is 21.6 Å². The fourth-order valence-corrected chi connectivity index (χ4v) is 6.96. The summed E-state index contributed by atoms with van der Waals surface area (Å²) >= 11 is 0. The van der Waals surface area contributed by atoms with Crippen LogP contribution in [0, 0.1) is 0 Å². The lowest BCUT2D eigenvalue weighted by molar-refractivity contribution is -0.174. The van der Waals surface area contributed by atoms with Crippen LogP contribution in [0.15, 0.2) is 0 Å². The van der Waals surface area contributed by atoms with Gasteiger partial charge in [0.05, 0.1) is 25.4 Å². The third-order valence-electron chi connectivity index (χ3n) is 5.78. The summed E-state index contributed by atoms with van der Waals surface area (Å²) in [5.74, 6) is -0.903. The first kappa shape index (κ1) is 25.5. The Hall–Kier alpha value is 0.380. The van der Waals surface area contributed by atoms with Crippen LogP contribution in [0.5, 0.6) is 0 Å². The molecule has 8 nitrogen and oxygen atoms in total. The van der Waals surface area contributed by atoms with Gasteiger partial charge in [0.2, 0.25) is 0 Å². The summed E-state index contributed by atoms with van der Waals surface area (Å²) in [5, 5.41) is 0. The first-order valence-corrected chi connectivity index (χ1v) is 13.8. The Kier molecular flexibility index (Phi) is 7.25. The van der Waals surface area contributed by atoms with Gasteiger partial charge in [-0.2, -0.15) is 0 Å². The Morgan fingerprint density at radius 2 is 0.906 bits per heavy atom. The van der Waals surface area contributed by atoms with Crippen molar-refractivity contribution in [3.05, 3.63) is 0 Å². The Bertz CT molecular complexity index is 614. The molecule has 4 fully saturated rings. The van der Waals surface area contributed by atoms with Crippen molar-refractivity contribution in [3.63, 3.8) is 0 Å². The monoisotopic (exact) mass is 494 g/mol. The minimum absolute atomic E-state index is 0.0784. The van der Waals surface area contributed by atoms with E-state index in [0.717, 1.165) is 11.5 Å². The van der Waals surface area contributed by atoms with E-state index in [4.69, 9.17) is 37.9 Å². The van der Waals surface area contributed by atoms with E-state index >= 15 is 0 Å². The lowest BCUT2D eigenvalue weighted by Crippen LogP contribution is -2.39. The van der Waals surface area contributed by atoms with Gasteiger partial charge in [-0.3, -0.25) is 0 Å². The molecule has 4 rings (SSSR count). The number of ether oxygens (including phenoxy) is 8. The molecule has 32 heavy (non-hydrogen) atoms. The van der Waals surface area contributed by atoms with Gasteiger partial charge in [0.15, 0.2) is 23.1 Å². The fraction of sp³-hybridized carbons (Fsp3) is 1.00. The predicted molar refractivity (Wildman–Crippen MR) is 122 cm³/mol. The zero-order chi connectivity index (χ0) is 23.4. The van der Waals surface area contributed by atoms with Crippen molar-refractivity contribution in [2.24, 2.45) is 0 Å². The van der Waals surface area contributed by atoms with E-state index in [9.17, 15) is 0 Å². The van der Waals surface area contributed by atoms with Gasteiger partial charge >= 0.3 is 0 Å². The average Bonchev–Trinajstić information content (AvgIpc) is 3.36. The summed E-state index contributed by atoms with van der Waals surface area (Å²) < 4.78 is 48.3. The summed E-state index contributed by atoms with van der Waals surface area (Å²) in [4.78, 5) is 0. The van der Waals surface area contributed by atoms with Crippen molar-refractivity contribution in [2.45, 2.75) is 115 Å². The first-order valence-electron chi connectivity index (χ1n) is 11.3. The molecule has 4 aliphatic heterocycles. The fourth-order valence-electron chi connectivity index (χ4n) is 4.60. The number of hydrogen-bond acceptors (Lipinski definition) is 10. The second kappa shape index (κ2) is 9.11. The standard InChI is InChI=1S/C22H38O8S2/c1-19(2)23-9-13(25-19)17-15(27-21(5,6)29-17)11-31-32-12-16-18(30-22(7,8)28-16)14-10-24-20(3,4)26-14/h13-18H,9-12H2,1-8H3/t13-,14-,15+,16+,17-,18-/m1/s1. The molecular weight excluding hydrogens is 456 g/mol. The molecule has 0 amide bonds. The van der Waals surface area contributed by atoms with E-state index in [1.807, 2.05) is 55.4 Å².